The molecule has 0 heterocycles. The van der Waals surface area contributed by atoms with Crippen molar-refractivity contribution in [3.8, 4) is 0 Å². The van der Waals surface area contributed by atoms with Gasteiger partial charge in [-0.15, -0.1) is 0 Å². The molecular formula is C15H10Cl2O. The molecule has 0 aliphatic heterocycles. The fourth-order valence-corrected chi connectivity index (χ4v) is 2.07. The van der Waals surface area contributed by atoms with Crippen molar-refractivity contribution in [2.45, 2.75) is 0 Å². The molecule has 2 rings (SSSR count). The van der Waals surface area contributed by atoms with Crippen LogP contribution in [0.3, 0.4) is 0 Å². The number of allylic oxidation sites excluding steroid dienone is 1. The van der Waals surface area contributed by atoms with Crippen molar-refractivity contribution in [1.82, 2.24) is 0 Å². The fourth-order valence-electron chi connectivity index (χ4n) is 1.60. The van der Waals surface area contributed by atoms with Crippen LogP contribution in [-0.2, 0) is 4.79 Å². The van der Waals surface area contributed by atoms with Gasteiger partial charge in [-0.2, -0.15) is 0 Å². The molecule has 0 aliphatic carbocycles. The van der Waals surface area contributed by atoms with Crippen molar-refractivity contribution in [1.29, 1.82) is 0 Å². The molecule has 3 heteroatoms. The lowest BCUT2D eigenvalue weighted by Gasteiger charge is -2.03. The Balaban J connectivity index is 2.44. The molecule has 0 amide bonds. The van der Waals surface area contributed by atoms with Gasteiger partial charge in [0.15, 0.2) is 6.29 Å². The Hall–Kier alpha value is -1.57. The van der Waals surface area contributed by atoms with Gasteiger partial charge < -0.3 is 0 Å². The van der Waals surface area contributed by atoms with E-state index in [1.807, 2.05) is 30.3 Å². The van der Waals surface area contributed by atoms with Gasteiger partial charge in [0.05, 0.1) is 0 Å². The van der Waals surface area contributed by atoms with Crippen LogP contribution in [0.15, 0.2) is 48.5 Å². The highest BCUT2D eigenvalue weighted by atomic mass is 35.5. The van der Waals surface area contributed by atoms with E-state index in [-0.39, 0.29) is 0 Å². The number of benzene rings is 2. The summed E-state index contributed by atoms with van der Waals surface area (Å²) in [5, 5.41) is 1.10. The summed E-state index contributed by atoms with van der Waals surface area (Å²) in [7, 11) is 0. The van der Waals surface area contributed by atoms with Gasteiger partial charge in [-0.3, -0.25) is 4.79 Å². The lowest BCUT2D eigenvalue weighted by atomic mass is 10.0. The second-order valence-corrected chi connectivity index (χ2v) is 4.59. The first kappa shape index (κ1) is 12.9. The zero-order chi connectivity index (χ0) is 13.0. The van der Waals surface area contributed by atoms with Gasteiger partial charge in [0.25, 0.3) is 0 Å². The minimum Gasteiger partial charge on any atom is -0.298 e. The summed E-state index contributed by atoms with van der Waals surface area (Å²) in [6.45, 7) is 0. The van der Waals surface area contributed by atoms with Crippen molar-refractivity contribution in [3.63, 3.8) is 0 Å². The number of hydrogen-bond acceptors (Lipinski definition) is 1. The third-order valence-corrected chi connectivity index (χ3v) is 3.07. The molecule has 90 valence electrons. The second kappa shape index (κ2) is 5.85. The van der Waals surface area contributed by atoms with E-state index >= 15 is 0 Å². The van der Waals surface area contributed by atoms with Crippen molar-refractivity contribution in [2.75, 3.05) is 0 Å². The summed E-state index contributed by atoms with van der Waals surface area (Å²) in [5.41, 5.74) is 2.21. The summed E-state index contributed by atoms with van der Waals surface area (Å²) >= 11 is 11.9. The molecule has 0 bridgehead atoms. The summed E-state index contributed by atoms with van der Waals surface area (Å²) in [4.78, 5) is 11.2. The maximum atomic E-state index is 11.2. The molecular weight excluding hydrogens is 267 g/mol. The third-order valence-electron chi connectivity index (χ3n) is 2.51. The van der Waals surface area contributed by atoms with Gasteiger partial charge in [-0.25, -0.2) is 0 Å². The first-order valence-electron chi connectivity index (χ1n) is 5.38. The summed E-state index contributed by atoms with van der Waals surface area (Å²) in [6.07, 6.45) is 2.57. The normalized spacial score (nSPS) is 11.3. The van der Waals surface area contributed by atoms with Crippen LogP contribution in [0.5, 0.6) is 0 Å². The van der Waals surface area contributed by atoms with E-state index < -0.39 is 0 Å². The van der Waals surface area contributed by atoms with E-state index in [1.165, 1.54) is 0 Å². The summed E-state index contributed by atoms with van der Waals surface area (Å²) in [6, 6.07) is 14.6. The number of halogens is 2. The maximum absolute atomic E-state index is 11.2. The molecule has 0 N–H and O–H groups in total. The first-order chi connectivity index (χ1) is 8.70. The van der Waals surface area contributed by atoms with E-state index in [4.69, 9.17) is 23.2 Å². The van der Waals surface area contributed by atoms with Crippen molar-refractivity contribution < 1.29 is 4.79 Å². The summed E-state index contributed by atoms with van der Waals surface area (Å²) in [5.74, 6) is 0. The number of aldehydes is 1. The average Bonchev–Trinajstić information content (AvgIpc) is 2.39. The first-order valence-corrected chi connectivity index (χ1v) is 6.13. The van der Waals surface area contributed by atoms with Crippen LogP contribution in [0.4, 0.5) is 0 Å². The minimum absolute atomic E-state index is 0.526. The standard InChI is InChI=1S/C15H10Cl2O/c16-14-7-6-12(15(17)9-14)8-13(10-18)11-4-2-1-3-5-11/h1-10H/b13-8+. The fraction of sp³-hybridized carbons (Fsp3) is 0. The molecule has 0 spiro atoms. The topological polar surface area (TPSA) is 17.1 Å². The van der Waals surface area contributed by atoms with E-state index in [1.54, 1.807) is 24.3 Å². The smallest absolute Gasteiger partial charge is 0.150 e. The third kappa shape index (κ3) is 3.00. The Morgan fingerprint density at radius 3 is 2.33 bits per heavy atom. The zero-order valence-corrected chi connectivity index (χ0v) is 10.9. The predicted octanol–water partition coefficient (Wildman–Crippen LogP) is 4.73. The lowest BCUT2D eigenvalue weighted by molar-refractivity contribution is -0.103. The quantitative estimate of drug-likeness (QED) is 0.450. The van der Waals surface area contributed by atoms with Crippen LogP contribution >= 0.6 is 23.2 Å². The van der Waals surface area contributed by atoms with Gasteiger partial charge in [0, 0.05) is 15.6 Å². The Bertz CT molecular complexity index is 589. The Morgan fingerprint density at radius 2 is 1.72 bits per heavy atom. The minimum atomic E-state index is 0.526. The molecule has 0 unspecified atom stereocenters. The van der Waals surface area contributed by atoms with Crippen molar-refractivity contribution >= 4 is 41.1 Å². The maximum Gasteiger partial charge on any atom is 0.150 e. The van der Waals surface area contributed by atoms with Gasteiger partial charge in [0.1, 0.15) is 0 Å². The molecule has 0 aromatic heterocycles. The Labute approximate surface area is 116 Å². The lowest BCUT2D eigenvalue weighted by Crippen LogP contribution is -1.86. The summed E-state index contributed by atoms with van der Waals surface area (Å²) < 4.78 is 0. The molecule has 2 aromatic rings. The van der Waals surface area contributed by atoms with Crippen LogP contribution in [0.1, 0.15) is 11.1 Å². The van der Waals surface area contributed by atoms with Crippen LogP contribution in [0, 0.1) is 0 Å². The number of hydrogen-bond donors (Lipinski definition) is 0. The molecule has 0 radical (unpaired) electrons. The van der Waals surface area contributed by atoms with Gasteiger partial charge in [0.2, 0.25) is 0 Å². The van der Waals surface area contributed by atoms with E-state index in [9.17, 15) is 4.79 Å². The molecule has 2 aromatic carbocycles. The van der Waals surface area contributed by atoms with Crippen molar-refractivity contribution in [2.24, 2.45) is 0 Å². The van der Waals surface area contributed by atoms with Gasteiger partial charge in [-0.05, 0) is 29.3 Å². The van der Waals surface area contributed by atoms with Crippen LogP contribution in [0.25, 0.3) is 11.6 Å². The van der Waals surface area contributed by atoms with E-state index in [0.717, 1.165) is 17.4 Å². The Kier molecular flexibility index (Phi) is 4.19. The zero-order valence-electron chi connectivity index (χ0n) is 9.44. The Morgan fingerprint density at radius 1 is 1.00 bits per heavy atom. The SMILES string of the molecule is O=C/C(=C\c1ccc(Cl)cc1Cl)c1ccccc1. The monoisotopic (exact) mass is 276 g/mol. The number of carbonyl (C=O) groups excluding carboxylic acids is 1. The molecule has 1 nitrogen and oxygen atoms in total. The second-order valence-electron chi connectivity index (χ2n) is 3.75. The molecule has 0 atom stereocenters. The molecule has 18 heavy (non-hydrogen) atoms. The highest BCUT2D eigenvalue weighted by Crippen LogP contribution is 2.25. The highest BCUT2D eigenvalue weighted by Gasteiger charge is 2.03. The number of carbonyl (C=O) groups is 1. The van der Waals surface area contributed by atoms with E-state index in [2.05, 4.69) is 0 Å². The highest BCUT2D eigenvalue weighted by molar-refractivity contribution is 6.35. The average molecular weight is 277 g/mol. The van der Waals surface area contributed by atoms with E-state index in [0.29, 0.717) is 15.6 Å². The van der Waals surface area contributed by atoms with Crippen molar-refractivity contribution in [3.05, 3.63) is 69.7 Å². The largest absolute Gasteiger partial charge is 0.298 e. The molecule has 0 saturated heterocycles. The van der Waals surface area contributed by atoms with Crippen LogP contribution in [-0.4, -0.2) is 6.29 Å². The van der Waals surface area contributed by atoms with Gasteiger partial charge in [-0.1, -0.05) is 59.6 Å². The number of rotatable bonds is 3. The predicted molar refractivity (Wildman–Crippen MR) is 76.8 cm³/mol. The van der Waals surface area contributed by atoms with Gasteiger partial charge >= 0.3 is 0 Å². The van der Waals surface area contributed by atoms with Crippen LogP contribution < -0.4 is 0 Å². The molecule has 0 fully saturated rings. The molecule has 0 saturated carbocycles. The van der Waals surface area contributed by atoms with Crippen LogP contribution in [0.2, 0.25) is 10.0 Å². The molecule has 0 aliphatic rings.